The van der Waals surface area contributed by atoms with Crippen molar-refractivity contribution < 1.29 is 28.4 Å². The summed E-state index contributed by atoms with van der Waals surface area (Å²) in [6, 6.07) is 21.3. The Morgan fingerprint density at radius 2 is 1.18 bits per heavy atom. The Bertz CT molecular complexity index is 1920. The van der Waals surface area contributed by atoms with Crippen molar-refractivity contribution in [3.05, 3.63) is 133 Å². The van der Waals surface area contributed by atoms with Gasteiger partial charge in [-0.1, -0.05) is 24.3 Å². The number of nitro groups is 1. The minimum absolute atomic E-state index is 0.0131. The molecule has 3 aromatic heterocycles. The molecule has 3 aromatic carbocycles. The van der Waals surface area contributed by atoms with Crippen LogP contribution >= 0.6 is 0 Å². The zero-order valence-corrected chi connectivity index (χ0v) is 19.9. The third-order valence-corrected chi connectivity index (χ3v) is 6.49. The number of benzene rings is 3. The lowest BCUT2D eigenvalue weighted by atomic mass is 9.88. The van der Waals surface area contributed by atoms with Gasteiger partial charge in [-0.05, 0) is 48.5 Å². The molecule has 10 heteroatoms. The van der Waals surface area contributed by atoms with Crippen LogP contribution in [-0.2, 0) is 0 Å². The normalized spacial score (nSPS) is 11.4. The van der Waals surface area contributed by atoms with Crippen LogP contribution in [0.5, 0.6) is 11.5 Å². The second kappa shape index (κ2) is 9.03. The first-order valence-corrected chi connectivity index (χ1v) is 11.7. The number of hydrogen-bond acceptors (Lipinski definition) is 9. The molecule has 6 aromatic rings. The highest BCUT2D eigenvalue weighted by atomic mass is 16.6. The fourth-order valence-electron chi connectivity index (χ4n) is 4.64. The van der Waals surface area contributed by atoms with Crippen LogP contribution in [0.2, 0.25) is 0 Å². The van der Waals surface area contributed by atoms with Gasteiger partial charge in [-0.3, -0.25) is 10.1 Å². The van der Waals surface area contributed by atoms with Gasteiger partial charge in [0.25, 0.3) is 5.69 Å². The molecule has 0 spiro atoms. The van der Waals surface area contributed by atoms with E-state index in [1.807, 2.05) is 0 Å². The van der Waals surface area contributed by atoms with E-state index >= 15 is 0 Å². The zero-order valence-electron chi connectivity index (χ0n) is 19.9. The molecule has 0 unspecified atom stereocenters. The second-order valence-corrected chi connectivity index (χ2v) is 8.73. The average molecular weight is 523 g/mol. The molecule has 192 valence electrons. The number of non-ortho nitro benzene ring substituents is 1. The lowest BCUT2D eigenvalue weighted by Crippen LogP contribution is -2.21. The summed E-state index contributed by atoms with van der Waals surface area (Å²) in [5, 5.41) is 33.9. The van der Waals surface area contributed by atoms with Gasteiger partial charge < -0.3 is 23.5 Å². The predicted molar refractivity (Wildman–Crippen MR) is 140 cm³/mol. The van der Waals surface area contributed by atoms with Crippen molar-refractivity contribution in [3.8, 4) is 22.8 Å². The average Bonchev–Trinajstić information content (AvgIpc) is 3.42. The van der Waals surface area contributed by atoms with Crippen LogP contribution in [-0.4, -0.2) is 15.1 Å². The summed E-state index contributed by atoms with van der Waals surface area (Å²) in [7, 11) is 0. The number of aromatic hydroxyl groups is 2. The Morgan fingerprint density at radius 3 is 1.69 bits per heavy atom. The third-order valence-electron chi connectivity index (χ3n) is 6.49. The number of para-hydroxylation sites is 2. The molecule has 0 bridgehead atoms. The maximum Gasteiger partial charge on any atom is 0.344 e. The SMILES string of the molecule is O=c1oc2ccccc2c(O)c1C(c1ccc(-c2ccc([N+](=O)[O-])cc2)o1)c1c(O)c2ccccc2oc1=O. The summed E-state index contributed by atoms with van der Waals surface area (Å²) in [5.41, 5.74) is -1.94. The van der Waals surface area contributed by atoms with Crippen LogP contribution in [0.25, 0.3) is 33.3 Å². The molecule has 39 heavy (non-hydrogen) atoms. The molecule has 3 heterocycles. The number of fused-ring (bicyclic) bond motifs is 2. The molecule has 0 amide bonds. The van der Waals surface area contributed by atoms with Crippen LogP contribution in [0.3, 0.4) is 0 Å². The smallest absolute Gasteiger partial charge is 0.344 e. The van der Waals surface area contributed by atoms with E-state index in [0.717, 1.165) is 0 Å². The van der Waals surface area contributed by atoms with Crippen molar-refractivity contribution in [1.29, 1.82) is 0 Å². The molecule has 0 atom stereocenters. The van der Waals surface area contributed by atoms with E-state index < -0.39 is 33.6 Å². The van der Waals surface area contributed by atoms with Crippen LogP contribution in [0, 0.1) is 10.1 Å². The van der Waals surface area contributed by atoms with Gasteiger partial charge in [0, 0.05) is 17.7 Å². The molecule has 0 saturated heterocycles. The maximum atomic E-state index is 13.3. The molecular formula is C29H17NO9. The second-order valence-electron chi connectivity index (χ2n) is 8.73. The fourth-order valence-corrected chi connectivity index (χ4v) is 4.64. The van der Waals surface area contributed by atoms with Crippen LogP contribution in [0.15, 0.2) is 108 Å². The predicted octanol–water partition coefficient (Wildman–Crippen LogP) is 5.66. The summed E-state index contributed by atoms with van der Waals surface area (Å²) >= 11 is 0. The van der Waals surface area contributed by atoms with Crippen molar-refractivity contribution in [2.24, 2.45) is 0 Å². The first-order chi connectivity index (χ1) is 18.8. The van der Waals surface area contributed by atoms with Crippen molar-refractivity contribution in [2.45, 2.75) is 5.92 Å². The van der Waals surface area contributed by atoms with E-state index in [1.165, 1.54) is 42.5 Å². The third kappa shape index (κ3) is 3.91. The lowest BCUT2D eigenvalue weighted by molar-refractivity contribution is -0.384. The van der Waals surface area contributed by atoms with Gasteiger partial charge in [-0.15, -0.1) is 0 Å². The van der Waals surface area contributed by atoms with Gasteiger partial charge in [0.1, 0.15) is 34.2 Å². The Morgan fingerprint density at radius 1 is 0.667 bits per heavy atom. The summed E-state index contributed by atoms with van der Waals surface area (Å²) in [6.07, 6.45) is 0. The molecule has 0 aliphatic heterocycles. The standard InChI is InChI=1S/C29H17NO9/c31-26-17-5-1-3-7-20(17)38-28(33)24(26)23(25-27(32)18-6-2-4-8-21(18)39-29(25)34)22-14-13-19(37-22)15-9-11-16(12-10-15)30(35)36/h1-14,23,31-32H. The van der Waals surface area contributed by atoms with Crippen molar-refractivity contribution in [3.63, 3.8) is 0 Å². The lowest BCUT2D eigenvalue weighted by Gasteiger charge is -2.17. The minimum atomic E-state index is -1.43. The monoisotopic (exact) mass is 523 g/mol. The van der Waals surface area contributed by atoms with E-state index in [0.29, 0.717) is 5.56 Å². The van der Waals surface area contributed by atoms with E-state index in [2.05, 4.69) is 0 Å². The summed E-state index contributed by atoms with van der Waals surface area (Å²) in [4.78, 5) is 37.0. The molecular weight excluding hydrogens is 506 g/mol. The first-order valence-electron chi connectivity index (χ1n) is 11.7. The molecule has 2 N–H and O–H groups in total. The van der Waals surface area contributed by atoms with Crippen molar-refractivity contribution in [1.82, 2.24) is 0 Å². The number of nitrogens with zero attached hydrogens (tertiary/aromatic N) is 1. The van der Waals surface area contributed by atoms with Crippen LogP contribution in [0.4, 0.5) is 5.69 Å². The maximum absolute atomic E-state index is 13.3. The van der Waals surface area contributed by atoms with Gasteiger partial charge in [0.2, 0.25) is 0 Å². The van der Waals surface area contributed by atoms with E-state index in [1.54, 1.807) is 42.5 Å². The summed E-state index contributed by atoms with van der Waals surface area (Å²) < 4.78 is 16.9. The summed E-state index contributed by atoms with van der Waals surface area (Å²) in [5.74, 6) is -2.06. The van der Waals surface area contributed by atoms with Crippen LogP contribution < -0.4 is 11.3 Å². The topological polar surface area (TPSA) is 157 Å². The highest BCUT2D eigenvalue weighted by molar-refractivity contribution is 5.86. The Hall–Kier alpha value is -5.64. The number of nitro benzene ring substituents is 1. The largest absolute Gasteiger partial charge is 0.507 e. The molecule has 0 aliphatic rings. The quantitative estimate of drug-likeness (QED) is 0.165. The highest BCUT2D eigenvalue weighted by Crippen LogP contribution is 2.43. The number of furan rings is 1. The van der Waals surface area contributed by atoms with Crippen molar-refractivity contribution >= 4 is 27.6 Å². The van der Waals surface area contributed by atoms with E-state index in [4.69, 9.17) is 13.3 Å². The molecule has 0 fully saturated rings. The Balaban J connectivity index is 1.62. The Labute approximate surface area is 217 Å². The number of rotatable bonds is 5. The summed E-state index contributed by atoms with van der Waals surface area (Å²) in [6.45, 7) is 0. The fraction of sp³-hybridized carbons (Fsp3) is 0.0345. The van der Waals surface area contributed by atoms with Gasteiger partial charge in [-0.25, -0.2) is 9.59 Å². The van der Waals surface area contributed by atoms with Crippen LogP contribution in [0.1, 0.15) is 22.8 Å². The Kier molecular flexibility index (Phi) is 5.50. The molecule has 6 rings (SSSR count). The van der Waals surface area contributed by atoms with E-state index in [9.17, 15) is 29.9 Å². The van der Waals surface area contributed by atoms with Gasteiger partial charge in [0.05, 0.1) is 32.7 Å². The minimum Gasteiger partial charge on any atom is -0.507 e. The van der Waals surface area contributed by atoms with E-state index in [-0.39, 0.29) is 50.3 Å². The number of hydrogen-bond donors (Lipinski definition) is 2. The molecule has 10 nitrogen and oxygen atoms in total. The molecule has 0 saturated carbocycles. The molecule has 0 radical (unpaired) electrons. The molecule has 0 aliphatic carbocycles. The first kappa shape index (κ1) is 23.7. The van der Waals surface area contributed by atoms with Crippen molar-refractivity contribution in [2.75, 3.05) is 0 Å². The zero-order chi connectivity index (χ0) is 27.3. The highest BCUT2D eigenvalue weighted by Gasteiger charge is 2.34. The van der Waals surface area contributed by atoms with Gasteiger partial charge in [0.15, 0.2) is 0 Å². The van der Waals surface area contributed by atoms with Gasteiger partial charge >= 0.3 is 11.3 Å². The van der Waals surface area contributed by atoms with Gasteiger partial charge in [-0.2, -0.15) is 0 Å².